The van der Waals surface area contributed by atoms with E-state index in [1.165, 1.54) is 36.9 Å². The van der Waals surface area contributed by atoms with Gasteiger partial charge in [-0.05, 0) is 48.1 Å². The van der Waals surface area contributed by atoms with Crippen LogP contribution in [0.4, 0.5) is 0 Å². The first-order valence-corrected chi connectivity index (χ1v) is 7.26. The molecule has 1 aromatic rings. The zero-order chi connectivity index (χ0) is 12.4. The predicted octanol–water partition coefficient (Wildman–Crippen LogP) is 2.81. The van der Waals surface area contributed by atoms with Crippen molar-refractivity contribution in [3.63, 3.8) is 0 Å². The maximum absolute atomic E-state index is 5.55. The highest BCUT2D eigenvalue weighted by Crippen LogP contribution is 2.49. The lowest BCUT2D eigenvalue weighted by atomic mass is 9.84. The van der Waals surface area contributed by atoms with Gasteiger partial charge in [0, 0.05) is 25.0 Å². The Morgan fingerprint density at radius 3 is 3.00 bits per heavy atom. The lowest BCUT2D eigenvalue weighted by Gasteiger charge is -2.28. The van der Waals surface area contributed by atoms with Gasteiger partial charge in [-0.3, -0.25) is 4.90 Å². The standard InChI is InChI=1S/C16H17NO2/c1-2-4-14-11(3-1)13-8-17(14)7-10-5-15-16(6-12(10)13)19-9-18-15/h3,5-6,13-14H,1-2,4,7-9H2/t13-,14+/m1/s1. The van der Waals surface area contributed by atoms with Gasteiger partial charge < -0.3 is 9.47 Å². The van der Waals surface area contributed by atoms with E-state index < -0.39 is 0 Å². The summed E-state index contributed by atoms with van der Waals surface area (Å²) in [5, 5.41) is 0. The molecule has 1 aromatic carbocycles. The zero-order valence-corrected chi connectivity index (χ0v) is 10.9. The van der Waals surface area contributed by atoms with Crippen molar-refractivity contribution in [2.75, 3.05) is 13.3 Å². The lowest BCUT2D eigenvalue weighted by Crippen LogP contribution is -2.31. The zero-order valence-electron chi connectivity index (χ0n) is 10.9. The van der Waals surface area contributed by atoms with Crippen LogP contribution < -0.4 is 9.47 Å². The van der Waals surface area contributed by atoms with Crippen LogP contribution in [0.3, 0.4) is 0 Å². The Morgan fingerprint density at radius 1 is 1.16 bits per heavy atom. The summed E-state index contributed by atoms with van der Waals surface area (Å²) >= 11 is 0. The molecule has 3 nitrogen and oxygen atoms in total. The van der Waals surface area contributed by atoms with Crippen LogP contribution in [0.25, 0.3) is 0 Å². The molecule has 1 saturated heterocycles. The van der Waals surface area contributed by atoms with Crippen molar-refractivity contribution in [1.29, 1.82) is 0 Å². The molecule has 3 heterocycles. The molecular formula is C16H17NO2. The second-order valence-electron chi connectivity index (χ2n) is 6.04. The third-order valence-electron chi connectivity index (χ3n) is 5.09. The van der Waals surface area contributed by atoms with Crippen LogP contribution in [0.2, 0.25) is 0 Å². The third-order valence-corrected chi connectivity index (χ3v) is 5.09. The Bertz CT molecular complexity index is 593. The molecule has 1 unspecified atom stereocenters. The summed E-state index contributed by atoms with van der Waals surface area (Å²) in [4.78, 5) is 2.65. The molecule has 0 amide bonds. The second-order valence-corrected chi connectivity index (χ2v) is 6.04. The highest BCUT2D eigenvalue weighted by atomic mass is 16.7. The van der Waals surface area contributed by atoms with Crippen molar-refractivity contribution >= 4 is 0 Å². The SMILES string of the molecule is C1=C2[C@H]3CN(Cc4cc5c(cc43)OCO5)[C@H]2CCC1. The van der Waals surface area contributed by atoms with Gasteiger partial charge in [0.15, 0.2) is 11.5 Å². The predicted molar refractivity (Wildman–Crippen MR) is 71.4 cm³/mol. The van der Waals surface area contributed by atoms with Crippen LogP contribution in [0.5, 0.6) is 11.5 Å². The van der Waals surface area contributed by atoms with E-state index >= 15 is 0 Å². The molecule has 0 N–H and O–H groups in total. The first-order chi connectivity index (χ1) is 9.40. The van der Waals surface area contributed by atoms with E-state index in [1.807, 2.05) is 0 Å². The molecular weight excluding hydrogens is 238 g/mol. The van der Waals surface area contributed by atoms with Crippen LogP contribution in [0.1, 0.15) is 36.3 Å². The van der Waals surface area contributed by atoms with E-state index in [9.17, 15) is 0 Å². The normalized spacial score (nSPS) is 33.7. The van der Waals surface area contributed by atoms with Gasteiger partial charge in [-0.1, -0.05) is 6.08 Å². The average molecular weight is 255 g/mol. The Kier molecular flexibility index (Phi) is 1.92. The molecule has 0 spiro atoms. The highest BCUT2D eigenvalue weighted by Gasteiger charge is 2.43. The maximum Gasteiger partial charge on any atom is 0.231 e. The number of hydrogen-bond acceptors (Lipinski definition) is 3. The molecule has 3 aliphatic heterocycles. The summed E-state index contributed by atoms with van der Waals surface area (Å²) in [6, 6.07) is 5.13. The summed E-state index contributed by atoms with van der Waals surface area (Å²) in [6.45, 7) is 2.64. The molecule has 0 saturated carbocycles. The van der Waals surface area contributed by atoms with Crippen molar-refractivity contribution < 1.29 is 9.47 Å². The summed E-state index contributed by atoms with van der Waals surface area (Å²) in [5.74, 6) is 2.47. The molecule has 3 atom stereocenters. The average Bonchev–Trinajstić information content (AvgIpc) is 3.01. The van der Waals surface area contributed by atoms with Crippen LogP contribution in [0.15, 0.2) is 23.8 Å². The van der Waals surface area contributed by atoms with Crippen molar-refractivity contribution in [1.82, 2.24) is 4.90 Å². The van der Waals surface area contributed by atoms with Crippen LogP contribution >= 0.6 is 0 Å². The van der Waals surface area contributed by atoms with Gasteiger partial charge in [-0.25, -0.2) is 0 Å². The fourth-order valence-electron chi connectivity index (χ4n) is 4.25. The first kappa shape index (κ1) is 10.3. The minimum Gasteiger partial charge on any atom is -0.454 e. The van der Waals surface area contributed by atoms with Gasteiger partial charge in [-0.15, -0.1) is 0 Å². The molecule has 0 radical (unpaired) electrons. The Labute approximate surface area is 112 Å². The largest absolute Gasteiger partial charge is 0.454 e. The fraction of sp³-hybridized carbons (Fsp3) is 0.500. The molecule has 98 valence electrons. The number of ether oxygens (including phenoxy) is 2. The number of rotatable bonds is 0. The number of fused-ring (bicyclic) bond motifs is 8. The van der Waals surface area contributed by atoms with Gasteiger partial charge in [0.05, 0.1) is 0 Å². The summed E-state index contributed by atoms with van der Waals surface area (Å²) in [5.41, 5.74) is 4.59. The molecule has 1 fully saturated rings. The van der Waals surface area contributed by atoms with Crippen molar-refractivity contribution in [3.8, 4) is 11.5 Å². The fourth-order valence-corrected chi connectivity index (χ4v) is 4.25. The monoisotopic (exact) mass is 255 g/mol. The summed E-state index contributed by atoms with van der Waals surface area (Å²) in [6.07, 6.45) is 6.44. The molecule has 4 aliphatic rings. The van der Waals surface area contributed by atoms with Crippen LogP contribution in [-0.2, 0) is 6.54 Å². The van der Waals surface area contributed by atoms with Crippen LogP contribution in [0, 0.1) is 0 Å². The smallest absolute Gasteiger partial charge is 0.231 e. The Balaban J connectivity index is 1.67. The van der Waals surface area contributed by atoms with Gasteiger partial charge in [0.25, 0.3) is 0 Å². The quantitative estimate of drug-likeness (QED) is 0.665. The molecule has 0 aromatic heterocycles. The van der Waals surface area contributed by atoms with E-state index in [4.69, 9.17) is 9.47 Å². The molecule has 1 aliphatic carbocycles. The van der Waals surface area contributed by atoms with Crippen molar-refractivity contribution in [3.05, 3.63) is 34.9 Å². The summed E-state index contributed by atoms with van der Waals surface area (Å²) in [7, 11) is 0. The van der Waals surface area contributed by atoms with Crippen molar-refractivity contribution in [2.45, 2.75) is 37.8 Å². The third kappa shape index (κ3) is 1.31. The van der Waals surface area contributed by atoms with Gasteiger partial charge in [0.2, 0.25) is 6.79 Å². The van der Waals surface area contributed by atoms with E-state index in [0.717, 1.165) is 18.0 Å². The van der Waals surface area contributed by atoms with E-state index in [1.54, 1.807) is 5.57 Å². The van der Waals surface area contributed by atoms with Crippen LogP contribution in [-0.4, -0.2) is 24.3 Å². The molecule has 19 heavy (non-hydrogen) atoms. The van der Waals surface area contributed by atoms with Gasteiger partial charge in [0.1, 0.15) is 0 Å². The number of benzene rings is 1. The van der Waals surface area contributed by atoms with E-state index in [0.29, 0.717) is 18.8 Å². The molecule has 2 bridgehead atoms. The minimum absolute atomic E-state index is 0.373. The van der Waals surface area contributed by atoms with E-state index in [2.05, 4.69) is 23.1 Å². The van der Waals surface area contributed by atoms with E-state index in [-0.39, 0.29) is 0 Å². The van der Waals surface area contributed by atoms with Gasteiger partial charge in [-0.2, -0.15) is 0 Å². The molecule has 5 rings (SSSR count). The number of hydrogen-bond donors (Lipinski definition) is 0. The first-order valence-electron chi connectivity index (χ1n) is 7.26. The maximum atomic E-state index is 5.55. The lowest BCUT2D eigenvalue weighted by molar-refractivity contribution is 0.174. The molecule has 3 heteroatoms. The topological polar surface area (TPSA) is 21.7 Å². The van der Waals surface area contributed by atoms with Crippen molar-refractivity contribution in [2.24, 2.45) is 0 Å². The number of allylic oxidation sites excluding steroid dienone is 1. The second kappa shape index (κ2) is 3.54. The number of nitrogens with zero attached hydrogens (tertiary/aromatic N) is 1. The Hall–Kier alpha value is -1.48. The minimum atomic E-state index is 0.373. The highest BCUT2D eigenvalue weighted by molar-refractivity contribution is 5.54. The van der Waals surface area contributed by atoms with Gasteiger partial charge >= 0.3 is 0 Å². The Morgan fingerprint density at radius 2 is 2.05 bits per heavy atom. The summed E-state index contributed by atoms with van der Waals surface area (Å²) < 4.78 is 11.1.